The van der Waals surface area contributed by atoms with E-state index < -0.39 is 0 Å². The average molecular weight is 457 g/mol. The summed E-state index contributed by atoms with van der Waals surface area (Å²) in [7, 11) is 0. The van der Waals surface area contributed by atoms with Gasteiger partial charge in [0.05, 0.1) is 6.61 Å². The maximum Gasteiger partial charge on any atom is 0.224 e. The van der Waals surface area contributed by atoms with E-state index in [4.69, 9.17) is 21.1 Å². The number of rotatable bonds is 8. The number of benzene rings is 2. The highest BCUT2D eigenvalue weighted by Crippen LogP contribution is 2.35. The molecule has 32 heavy (non-hydrogen) atoms. The van der Waals surface area contributed by atoms with E-state index in [1.54, 1.807) is 0 Å². The third-order valence-electron chi connectivity index (χ3n) is 6.30. The topological polar surface area (TPSA) is 76.7 Å². The quantitative estimate of drug-likeness (QED) is 0.582. The number of halogens is 1. The lowest BCUT2D eigenvalue weighted by atomic mass is 9.74. The van der Waals surface area contributed by atoms with Crippen molar-refractivity contribution in [2.24, 2.45) is 0 Å². The first-order valence-corrected chi connectivity index (χ1v) is 11.6. The molecule has 0 bridgehead atoms. The first-order chi connectivity index (χ1) is 15.5. The standard InChI is InChI=1S/C25H29ClN2O4/c26-20-4-1-3-19(16-20)25(10-13-31-14-11-25)17-27-23(29)5-2-12-32-21-7-8-22-18(15-21)6-9-24(30)28-22/h1,3-4,7-8,15-16H,2,5-6,9-14,17H2,(H,27,29)(H,28,30). The summed E-state index contributed by atoms with van der Waals surface area (Å²) in [6, 6.07) is 13.6. The van der Waals surface area contributed by atoms with Gasteiger partial charge in [-0.2, -0.15) is 0 Å². The Hall–Kier alpha value is -2.57. The van der Waals surface area contributed by atoms with Crippen LogP contribution in [-0.4, -0.2) is 38.2 Å². The zero-order valence-electron chi connectivity index (χ0n) is 18.1. The molecule has 2 aromatic rings. The van der Waals surface area contributed by atoms with E-state index in [2.05, 4.69) is 16.7 Å². The van der Waals surface area contributed by atoms with Crippen LogP contribution in [0.25, 0.3) is 0 Å². The van der Waals surface area contributed by atoms with Gasteiger partial charge in [0.2, 0.25) is 11.8 Å². The van der Waals surface area contributed by atoms with Crippen molar-refractivity contribution < 1.29 is 19.1 Å². The van der Waals surface area contributed by atoms with Gasteiger partial charge in [-0.05, 0) is 67.1 Å². The molecular weight excluding hydrogens is 428 g/mol. The summed E-state index contributed by atoms with van der Waals surface area (Å²) in [5.74, 6) is 0.840. The SMILES string of the molecule is O=C(CCCOc1ccc2c(c1)CCC(=O)N2)NCC1(c2cccc(Cl)c2)CCOCC1. The second kappa shape index (κ2) is 10.4. The third-order valence-corrected chi connectivity index (χ3v) is 6.54. The maximum atomic E-state index is 12.5. The number of aryl methyl sites for hydroxylation is 1. The molecule has 1 saturated heterocycles. The van der Waals surface area contributed by atoms with Gasteiger partial charge in [0, 0.05) is 48.7 Å². The van der Waals surface area contributed by atoms with Crippen molar-refractivity contribution in [2.75, 3.05) is 31.7 Å². The molecule has 2 heterocycles. The van der Waals surface area contributed by atoms with E-state index >= 15 is 0 Å². The van der Waals surface area contributed by atoms with Crippen molar-refractivity contribution in [3.63, 3.8) is 0 Å². The zero-order valence-corrected chi connectivity index (χ0v) is 18.9. The normalized spacial score (nSPS) is 17.2. The highest BCUT2D eigenvalue weighted by Gasteiger charge is 2.35. The number of anilines is 1. The van der Waals surface area contributed by atoms with Crippen molar-refractivity contribution in [3.8, 4) is 5.75 Å². The van der Waals surface area contributed by atoms with Crippen LogP contribution in [0.4, 0.5) is 5.69 Å². The van der Waals surface area contributed by atoms with Crippen LogP contribution in [0.1, 0.15) is 43.2 Å². The fraction of sp³-hybridized carbons (Fsp3) is 0.440. The van der Waals surface area contributed by atoms with Crippen LogP contribution >= 0.6 is 11.6 Å². The van der Waals surface area contributed by atoms with E-state index in [0.717, 1.165) is 41.8 Å². The predicted octanol–water partition coefficient (Wildman–Crippen LogP) is 4.25. The summed E-state index contributed by atoms with van der Waals surface area (Å²) in [6.07, 6.45) is 3.97. The molecule has 0 aromatic heterocycles. The Kier molecular flexibility index (Phi) is 7.33. The van der Waals surface area contributed by atoms with E-state index in [9.17, 15) is 9.59 Å². The van der Waals surface area contributed by atoms with Gasteiger partial charge < -0.3 is 20.1 Å². The molecule has 2 aliphatic heterocycles. The molecule has 0 spiro atoms. The average Bonchev–Trinajstić information content (AvgIpc) is 2.81. The van der Waals surface area contributed by atoms with Crippen LogP contribution in [-0.2, 0) is 26.2 Å². The monoisotopic (exact) mass is 456 g/mol. The van der Waals surface area contributed by atoms with E-state index in [-0.39, 0.29) is 17.2 Å². The van der Waals surface area contributed by atoms with Gasteiger partial charge >= 0.3 is 0 Å². The second-order valence-corrected chi connectivity index (χ2v) is 8.94. The van der Waals surface area contributed by atoms with Gasteiger partial charge in [0.15, 0.2) is 0 Å². The molecule has 2 amide bonds. The van der Waals surface area contributed by atoms with Crippen LogP contribution in [0, 0.1) is 0 Å². The molecule has 2 aliphatic rings. The van der Waals surface area contributed by atoms with Crippen molar-refractivity contribution in [2.45, 2.75) is 43.9 Å². The van der Waals surface area contributed by atoms with Crippen molar-refractivity contribution in [1.29, 1.82) is 0 Å². The Morgan fingerprint density at radius 2 is 2.00 bits per heavy atom. The summed E-state index contributed by atoms with van der Waals surface area (Å²) >= 11 is 6.22. The number of hydrogen-bond donors (Lipinski definition) is 2. The van der Waals surface area contributed by atoms with Gasteiger partial charge in [-0.15, -0.1) is 0 Å². The minimum Gasteiger partial charge on any atom is -0.494 e. The molecule has 4 rings (SSSR count). The molecule has 170 valence electrons. The maximum absolute atomic E-state index is 12.5. The molecule has 0 radical (unpaired) electrons. The minimum atomic E-state index is -0.145. The largest absolute Gasteiger partial charge is 0.494 e. The van der Waals surface area contributed by atoms with Gasteiger partial charge in [-0.1, -0.05) is 23.7 Å². The molecule has 0 atom stereocenters. The first-order valence-electron chi connectivity index (χ1n) is 11.2. The predicted molar refractivity (Wildman–Crippen MR) is 124 cm³/mol. The number of hydrogen-bond acceptors (Lipinski definition) is 4. The molecule has 2 aromatic carbocycles. The second-order valence-electron chi connectivity index (χ2n) is 8.50. The fourth-order valence-electron chi connectivity index (χ4n) is 4.38. The highest BCUT2D eigenvalue weighted by atomic mass is 35.5. The summed E-state index contributed by atoms with van der Waals surface area (Å²) < 4.78 is 11.4. The molecule has 6 nitrogen and oxygen atoms in total. The van der Waals surface area contributed by atoms with Crippen LogP contribution in [0.15, 0.2) is 42.5 Å². The molecule has 2 N–H and O–H groups in total. The Morgan fingerprint density at radius 1 is 1.16 bits per heavy atom. The minimum absolute atomic E-state index is 0.0228. The van der Waals surface area contributed by atoms with Gasteiger partial charge in [0.25, 0.3) is 0 Å². The molecule has 0 saturated carbocycles. The lowest BCUT2D eigenvalue weighted by Gasteiger charge is -2.38. The fourth-order valence-corrected chi connectivity index (χ4v) is 4.57. The van der Waals surface area contributed by atoms with E-state index in [1.807, 2.05) is 36.4 Å². The highest BCUT2D eigenvalue weighted by molar-refractivity contribution is 6.30. The lowest BCUT2D eigenvalue weighted by Crippen LogP contribution is -2.44. The number of carbonyl (C=O) groups excluding carboxylic acids is 2. The van der Waals surface area contributed by atoms with Gasteiger partial charge in [-0.3, -0.25) is 9.59 Å². The Balaban J connectivity index is 1.24. The molecule has 7 heteroatoms. The summed E-state index contributed by atoms with van der Waals surface area (Å²) in [5, 5.41) is 6.70. The first kappa shape index (κ1) is 22.6. The van der Waals surface area contributed by atoms with Crippen LogP contribution in [0.3, 0.4) is 0 Å². The van der Waals surface area contributed by atoms with E-state index in [0.29, 0.717) is 50.7 Å². The smallest absolute Gasteiger partial charge is 0.224 e. The van der Waals surface area contributed by atoms with E-state index in [1.165, 1.54) is 0 Å². The van der Waals surface area contributed by atoms with Crippen LogP contribution < -0.4 is 15.4 Å². The van der Waals surface area contributed by atoms with Gasteiger partial charge in [0.1, 0.15) is 5.75 Å². The Labute approximate surface area is 193 Å². The summed E-state index contributed by atoms with van der Waals surface area (Å²) in [6.45, 7) is 2.40. The number of nitrogens with one attached hydrogen (secondary N) is 2. The zero-order chi connectivity index (χ0) is 22.4. The van der Waals surface area contributed by atoms with Crippen molar-refractivity contribution >= 4 is 29.1 Å². The number of fused-ring (bicyclic) bond motifs is 1. The molecular formula is C25H29ClN2O4. The van der Waals surface area contributed by atoms with Crippen LogP contribution in [0.5, 0.6) is 5.75 Å². The molecule has 1 fully saturated rings. The molecule has 0 aliphatic carbocycles. The van der Waals surface area contributed by atoms with Crippen LogP contribution in [0.2, 0.25) is 5.02 Å². The number of carbonyl (C=O) groups is 2. The third kappa shape index (κ3) is 5.61. The Morgan fingerprint density at radius 3 is 2.81 bits per heavy atom. The van der Waals surface area contributed by atoms with Crippen molar-refractivity contribution in [1.82, 2.24) is 5.32 Å². The Bertz CT molecular complexity index is 972. The molecule has 0 unspecified atom stereocenters. The summed E-state index contributed by atoms with van der Waals surface area (Å²) in [5.41, 5.74) is 2.95. The van der Waals surface area contributed by atoms with Crippen molar-refractivity contribution in [3.05, 3.63) is 58.6 Å². The lowest BCUT2D eigenvalue weighted by molar-refractivity contribution is -0.121. The van der Waals surface area contributed by atoms with Gasteiger partial charge in [-0.25, -0.2) is 0 Å². The number of ether oxygens (including phenoxy) is 2. The summed E-state index contributed by atoms with van der Waals surface area (Å²) in [4.78, 5) is 24.0. The number of amides is 2.